The molecule has 0 saturated carbocycles. The lowest BCUT2D eigenvalue weighted by atomic mass is 10.1. The van der Waals surface area contributed by atoms with E-state index in [4.69, 9.17) is 0 Å². The van der Waals surface area contributed by atoms with Gasteiger partial charge in [0.15, 0.2) is 0 Å². The van der Waals surface area contributed by atoms with Gasteiger partial charge in [-0.3, -0.25) is 4.79 Å². The summed E-state index contributed by atoms with van der Waals surface area (Å²) in [6, 6.07) is 10.5. The van der Waals surface area contributed by atoms with Crippen molar-refractivity contribution >= 4 is 11.6 Å². The predicted molar refractivity (Wildman–Crippen MR) is 67.2 cm³/mol. The molecular formula is C14H12FNO2. The summed E-state index contributed by atoms with van der Waals surface area (Å²) < 4.78 is 13.0. The van der Waals surface area contributed by atoms with Gasteiger partial charge >= 0.3 is 0 Å². The number of phenols is 1. The van der Waals surface area contributed by atoms with Crippen LogP contribution in [-0.2, 0) is 0 Å². The highest BCUT2D eigenvalue weighted by Gasteiger charge is 2.12. The molecule has 92 valence electrons. The summed E-state index contributed by atoms with van der Waals surface area (Å²) in [4.78, 5) is 11.9. The molecule has 0 aromatic heterocycles. The van der Waals surface area contributed by atoms with Crippen molar-refractivity contribution in [3.63, 3.8) is 0 Å². The number of phenolic OH excluding ortho intramolecular Hbond substituents is 1. The molecule has 18 heavy (non-hydrogen) atoms. The molecule has 0 heterocycles. The number of halogens is 1. The van der Waals surface area contributed by atoms with E-state index < -0.39 is 11.7 Å². The predicted octanol–water partition coefficient (Wildman–Crippen LogP) is 3.09. The van der Waals surface area contributed by atoms with Gasteiger partial charge in [0.25, 0.3) is 5.91 Å². The van der Waals surface area contributed by atoms with Crippen molar-refractivity contribution in [1.29, 1.82) is 0 Å². The molecule has 0 aliphatic rings. The van der Waals surface area contributed by atoms with E-state index in [1.165, 1.54) is 0 Å². The van der Waals surface area contributed by atoms with Crippen LogP contribution in [0.1, 0.15) is 15.9 Å². The third-order valence-electron chi connectivity index (χ3n) is 2.48. The Morgan fingerprint density at radius 2 is 2.00 bits per heavy atom. The number of hydrogen-bond donors (Lipinski definition) is 2. The Bertz CT molecular complexity index is 596. The van der Waals surface area contributed by atoms with Gasteiger partial charge in [0.1, 0.15) is 11.6 Å². The minimum Gasteiger partial charge on any atom is -0.507 e. The van der Waals surface area contributed by atoms with Gasteiger partial charge in [-0.15, -0.1) is 0 Å². The second-order valence-corrected chi connectivity index (χ2v) is 3.99. The molecule has 0 saturated heterocycles. The van der Waals surface area contributed by atoms with Crippen molar-refractivity contribution in [1.82, 2.24) is 0 Å². The molecule has 3 nitrogen and oxygen atoms in total. The number of carbonyl (C=O) groups is 1. The van der Waals surface area contributed by atoms with Crippen LogP contribution in [0.4, 0.5) is 10.1 Å². The van der Waals surface area contributed by atoms with E-state index in [-0.39, 0.29) is 11.3 Å². The van der Waals surface area contributed by atoms with Crippen molar-refractivity contribution in [2.24, 2.45) is 0 Å². The number of nitrogens with one attached hydrogen (secondary N) is 1. The van der Waals surface area contributed by atoms with E-state index in [2.05, 4.69) is 5.32 Å². The molecule has 4 heteroatoms. The molecule has 0 aliphatic heterocycles. The Kier molecular flexibility index (Phi) is 3.28. The van der Waals surface area contributed by atoms with Gasteiger partial charge in [-0.05, 0) is 42.8 Å². The maximum absolute atomic E-state index is 13.0. The van der Waals surface area contributed by atoms with Gasteiger partial charge in [0, 0.05) is 5.69 Å². The Morgan fingerprint density at radius 3 is 2.72 bits per heavy atom. The van der Waals surface area contributed by atoms with Gasteiger partial charge in [-0.1, -0.05) is 12.1 Å². The largest absolute Gasteiger partial charge is 0.507 e. The monoisotopic (exact) mass is 245 g/mol. The minimum absolute atomic E-state index is 0.0866. The Labute approximate surface area is 104 Å². The van der Waals surface area contributed by atoms with E-state index in [0.29, 0.717) is 5.69 Å². The van der Waals surface area contributed by atoms with E-state index in [1.54, 1.807) is 18.2 Å². The van der Waals surface area contributed by atoms with E-state index >= 15 is 0 Å². The highest BCUT2D eigenvalue weighted by molar-refractivity contribution is 6.06. The number of benzene rings is 2. The van der Waals surface area contributed by atoms with Crippen molar-refractivity contribution in [2.75, 3.05) is 5.32 Å². The number of carbonyl (C=O) groups excluding carboxylic acids is 1. The van der Waals surface area contributed by atoms with Crippen LogP contribution in [0.5, 0.6) is 5.75 Å². The fourth-order valence-electron chi connectivity index (χ4n) is 1.61. The van der Waals surface area contributed by atoms with Gasteiger partial charge in [0.2, 0.25) is 0 Å². The third-order valence-corrected chi connectivity index (χ3v) is 2.48. The maximum atomic E-state index is 13.0. The zero-order valence-corrected chi connectivity index (χ0v) is 9.77. The highest BCUT2D eigenvalue weighted by atomic mass is 19.1. The first kappa shape index (κ1) is 12.1. The van der Waals surface area contributed by atoms with Crippen molar-refractivity contribution < 1.29 is 14.3 Å². The van der Waals surface area contributed by atoms with Crippen LogP contribution in [0.25, 0.3) is 0 Å². The average Bonchev–Trinajstić information content (AvgIpc) is 2.32. The maximum Gasteiger partial charge on any atom is 0.259 e. The summed E-state index contributed by atoms with van der Waals surface area (Å²) in [6.07, 6.45) is 0. The van der Waals surface area contributed by atoms with E-state index in [9.17, 15) is 14.3 Å². The molecule has 0 radical (unpaired) electrons. The lowest BCUT2D eigenvalue weighted by Gasteiger charge is -2.07. The van der Waals surface area contributed by atoms with Crippen molar-refractivity contribution in [3.8, 4) is 5.75 Å². The number of anilines is 1. The first-order valence-corrected chi connectivity index (χ1v) is 5.43. The van der Waals surface area contributed by atoms with Crippen LogP contribution >= 0.6 is 0 Å². The summed E-state index contributed by atoms with van der Waals surface area (Å²) in [5, 5.41) is 12.1. The SMILES string of the molecule is Cc1cccc(NC(=O)c2cc(F)ccc2O)c1. The first-order valence-electron chi connectivity index (χ1n) is 5.43. The fraction of sp³-hybridized carbons (Fsp3) is 0.0714. The Balaban J connectivity index is 2.24. The van der Waals surface area contributed by atoms with Crippen LogP contribution in [0.3, 0.4) is 0 Å². The first-order chi connectivity index (χ1) is 8.56. The van der Waals surface area contributed by atoms with Crippen LogP contribution in [0.2, 0.25) is 0 Å². The fourth-order valence-corrected chi connectivity index (χ4v) is 1.61. The van der Waals surface area contributed by atoms with Crippen molar-refractivity contribution in [2.45, 2.75) is 6.92 Å². The Hall–Kier alpha value is -2.36. The van der Waals surface area contributed by atoms with Gasteiger partial charge < -0.3 is 10.4 Å². The Morgan fingerprint density at radius 1 is 1.22 bits per heavy atom. The standard InChI is InChI=1S/C14H12FNO2/c1-9-3-2-4-11(7-9)16-14(18)12-8-10(15)5-6-13(12)17/h2-8,17H,1H3,(H,16,18). The van der Waals surface area contributed by atoms with Crippen LogP contribution in [0, 0.1) is 12.7 Å². The quantitative estimate of drug-likeness (QED) is 0.854. The summed E-state index contributed by atoms with van der Waals surface area (Å²) in [5.74, 6) is -1.36. The summed E-state index contributed by atoms with van der Waals surface area (Å²) in [7, 11) is 0. The number of rotatable bonds is 2. The van der Waals surface area contributed by atoms with Crippen LogP contribution < -0.4 is 5.32 Å². The minimum atomic E-state index is -0.567. The van der Waals surface area contributed by atoms with Crippen LogP contribution in [-0.4, -0.2) is 11.0 Å². The average molecular weight is 245 g/mol. The number of aryl methyl sites for hydroxylation is 1. The molecular weight excluding hydrogens is 233 g/mol. The number of hydrogen-bond acceptors (Lipinski definition) is 2. The second kappa shape index (κ2) is 4.87. The van der Waals surface area contributed by atoms with Crippen molar-refractivity contribution in [3.05, 3.63) is 59.4 Å². The van der Waals surface area contributed by atoms with E-state index in [1.807, 2.05) is 13.0 Å². The molecule has 0 unspecified atom stereocenters. The molecule has 2 rings (SSSR count). The molecule has 2 aromatic rings. The van der Waals surface area contributed by atoms with Gasteiger partial charge in [0.05, 0.1) is 5.56 Å². The van der Waals surface area contributed by atoms with Gasteiger partial charge in [-0.25, -0.2) is 4.39 Å². The molecule has 0 aliphatic carbocycles. The summed E-state index contributed by atoms with van der Waals surface area (Å²) in [6.45, 7) is 1.90. The van der Waals surface area contributed by atoms with Gasteiger partial charge in [-0.2, -0.15) is 0 Å². The molecule has 0 fully saturated rings. The lowest BCUT2D eigenvalue weighted by Crippen LogP contribution is -2.12. The third kappa shape index (κ3) is 2.66. The highest BCUT2D eigenvalue weighted by Crippen LogP contribution is 2.19. The molecule has 0 bridgehead atoms. The van der Waals surface area contributed by atoms with Crippen LogP contribution in [0.15, 0.2) is 42.5 Å². The molecule has 1 amide bonds. The smallest absolute Gasteiger partial charge is 0.259 e. The summed E-state index contributed by atoms with van der Waals surface area (Å²) in [5.41, 5.74) is 1.51. The second-order valence-electron chi connectivity index (χ2n) is 3.99. The molecule has 0 spiro atoms. The van der Waals surface area contributed by atoms with E-state index in [0.717, 1.165) is 23.8 Å². The number of amides is 1. The molecule has 2 N–H and O–H groups in total. The normalized spacial score (nSPS) is 10.1. The number of aromatic hydroxyl groups is 1. The molecule has 2 aromatic carbocycles. The zero-order valence-electron chi connectivity index (χ0n) is 9.77. The summed E-state index contributed by atoms with van der Waals surface area (Å²) >= 11 is 0. The lowest BCUT2D eigenvalue weighted by molar-refractivity contribution is 0.102. The zero-order chi connectivity index (χ0) is 13.1. The molecule has 0 atom stereocenters. The topological polar surface area (TPSA) is 49.3 Å².